The molecule has 1 saturated heterocycles. The minimum atomic E-state index is -0.249. The molecule has 1 aromatic carbocycles. The van der Waals surface area contributed by atoms with Gasteiger partial charge in [-0.2, -0.15) is 0 Å². The van der Waals surface area contributed by atoms with Crippen molar-refractivity contribution in [3.8, 4) is 11.5 Å². The number of carbonyl (C=O) groups is 2. The Morgan fingerprint density at radius 3 is 2.72 bits per heavy atom. The highest BCUT2D eigenvalue weighted by Gasteiger charge is 2.35. The fraction of sp³-hybridized carbons (Fsp3) is 0.500. The number of nitrogens with one attached hydrogen (secondary N) is 1. The summed E-state index contributed by atoms with van der Waals surface area (Å²) in [5.74, 6) is 1.66. The molecular weight excluding hydrogens is 388 g/mol. The minimum absolute atomic E-state index is 0.148. The van der Waals surface area contributed by atoms with Crippen LogP contribution in [0, 0.1) is 19.8 Å². The molecule has 6 nitrogen and oxygen atoms in total. The first-order valence-corrected chi connectivity index (χ1v) is 11.0. The number of benzene rings is 1. The van der Waals surface area contributed by atoms with Crippen molar-refractivity contribution in [1.82, 2.24) is 10.3 Å². The molecule has 29 heavy (non-hydrogen) atoms. The molecule has 3 atom stereocenters. The van der Waals surface area contributed by atoms with Crippen molar-refractivity contribution in [2.45, 2.75) is 63.9 Å². The monoisotopic (exact) mass is 414 g/mol. The highest BCUT2D eigenvalue weighted by Crippen LogP contribution is 2.34. The van der Waals surface area contributed by atoms with Crippen molar-refractivity contribution in [3.05, 3.63) is 41.3 Å². The summed E-state index contributed by atoms with van der Waals surface area (Å²) >= 11 is 1.12. The number of aryl methyl sites for hydroxylation is 2. The minimum Gasteiger partial charge on any atom is -0.441 e. The first-order chi connectivity index (χ1) is 14.0. The van der Waals surface area contributed by atoms with Gasteiger partial charge < -0.3 is 9.15 Å². The first-order valence-electron chi connectivity index (χ1n) is 10.1. The van der Waals surface area contributed by atoms with Crippen molar-refractivity contribution >= 4 is 22.9 Å². The Morgan fingerprint density at radius 1 is 1.21 bits per heavy atom. The maximum atomic E-state index is 11.8. The summed E-state index contributed by atoms with van der Waals surface area (Å²) in [6.45, 7) is 4.40. The Morgan fingerprint density at radius 2 is 2.00 bits per heavy atom. The van der Waals surface area contributed by atoms with Gasteiger partial charge in [-0.25, -0.2) is 4.98 Å². The van der Waals surface area contributed by atoms with Gasteiger partial charge in [-0.3, -0.25) is 14.9 Å². The van der Waals surface area contributed by atoms with Gasteiger partial charge >= 0.3 is 0 Å². The molecule has 4 rings (SSSR count). The Balaban J connectivity index is 1.32. The zero-order valence-electron chi connectivity index (χ0n) is 16.8. The van der Waals surface area contributed by atoms with Crippen LogP contribution in [0.25, 0.3) is 11.5 Å². The van der Waals surface area contributed by atoms with Crippen molar-refractivity contribution in [2.75, 3.05) is 0 Å². The van der Waals surface area contributed by atoms with E-state index in [1.807, 2.05) is 31.2 Å². The molecule has 2 heterocycles. The smallest absolute Gasteiger partial charge is 0.286 e. The summed E-state index contributed by atoms with van der Waals surface area (Å²) in [7, 11) is 0. The SMILES string of the molecule is Cc1ccc(-c2nc(COC3CCCC(CC4SC(=O)NC4=O)C3)c(C)o2)cc1. The quantitative estimate of drug-likeness (QED) is 0.733. The Hall–Kier alpha value is -2.12. The summed E-state index contributed by atoms with van der Waals surface area (Å²) in [6, 6.07) is 8.12. The third-order valence-corrected chi connectivity index (χ3v) is 6.70. The number of ether oxygens (including phenoxy) is 1. The van der Waals surface area contributed by atoms with Gasteiger partial charge in [0.1, 0.15) is 11.5 Å². The van der Waals surface area contributed by atoms with Crippen molar-refractivity contribution in [1.29, 1.82) is 0 Å². The van der Waals surface area contributed by atoms with Crippen LogP contribution in [0.1, 0.15) is 49.1 Å². The second-order valence-corrected chi connectivity index (χ2v) is 9.15. The molecule has 0 spiro atoms. The van der Waals surface area contributed by atoms with E-state index in [0.29, 0.717) is 18.4 Å². The largest absolute Gasteiger partial charge is 0.441 e. The number of oxazole rings is 1. The molecule has 2 amide bonds. The topological polar surface area (TPSA) is 81.4 Å². The molecule has 1 saturated carbocycles. The van der Waals surface area contributed by atoms with Crippen LogP contribution in [0.4, 0.5) is 4.79 Å². The van der Waals surface area contributed by atoms with Gasteiger partial charge in [-0.05, 0) is 51.2 Å². The van der Waals surface area contributed by atoms with E-state index in [9.17, 15) is 9.59 Å². The van der Waals surface area contributed by atoms with E-state index in [4.69, 9.17) is 9.15 Å². The zero-order valence-corrected chi connectivity index (χ0v) is 17.6. The molecule has 1 aliphatic carbocycles. The molecule has 2 aromatic rings. The lowest BCUT2D eigenvalue weighted by molar-refractivity contribution is -0.119. The molecular formula is C22H26N2O4S. The van der Waals surface area contributed by atoms with Gasteiger partial charge in [-0.1, -0.05) is 42.3 Å². The molecule has 3 unspecified atom stereocenters. The molecule has 7 heteroatoms. The van der Waals surface area contributed by atoms with E-state index in [-0.39, 0.29) is 22.5 Å². The van der Waals surface area contributed by atoms with Crippen molar-refractivity contribution < 1.29 is 18.7 Å². The van der Waals surface area contributed by atoms with Crippen LogP contribution in [0.2, 0.25) is 0 Å². The molecule has 2 fully saturated rings. The molecule has 2 aliphatic rings. The van der Waals surface area contributed by atoms with E-state index in [0.717, 1.165) is 60.9 Å². The van der Waals surface area contributed by atoms with Crippen LogP contribution < -0.4 is 5.32 Å². The fourth-order valence-electron chi connectivity index (χ4n) is 4.04. The average molecular weight is 415 g/mol. The number of hydrogen-bond acceptors (Lipinski definition) is 6. The van der Waals surface area contributed by atoms with Crippen LogP contribution in [-0.4, -0.2) is 27.5 Å². The van der Waals surface area contributed by atoms with Gasteiger partial charge in [0.05, 0.1) is 18.0 Å². The van der Waals surface area contributed by atoms with E-state index in [1.54, 1.807) is 0 Å². The number of carbonyl (C=O) groups excluding carboxylic acids is 2. The summed E-state index contributed by atoms with van der Waals surface area (Å²) in [5.41, 5.74) is 2.99. The van der Waals surface area contributed by atoms with Gasteiger partial charge in [0.15, 0.2) is 0 Å². The maximum Gasteiger partial charge on any atom is 0.286 e. The van der Waals surface area contributed by atoms with Crippen molar-refractivity contribution in [2.24, 2.45) is 5.92 Å². The number of imide groups is 1. The highest BCUT2D eigenvalue weighted by molar-refractivity contribution is 8.15. The first kappa shape index (κ1) is 20.2. The summed E-state index contributed by atoms with van der Waals surface area (Å²) in [4.78, 5) is 27.8. The van der Waals surface area contributed by atoms with Crippen molar-refractivity contribution in [3.63, 3.8) is 0 Å². The fourth-order valence-corrected chi connectivity index (χ4v) is 4.99. The number of nitrogens with zero attached hydrogens (tertiary/aromatic N) is 1. The number of hydrogen-bond donors (Lipinski definition) is 1. The van der Waals surface area contributed by atoms with E-state index < -0.39 is 0 Å². The maximum absolute atomic E-state index is 11.8. The van der Waals surface area contributed by atoms with E-state index in [1.165, 1.54) is 5.56 Å². The third-order valence-electron chi connectivity index (χ3n) is 5.70. The molecule has 154 valence electrons. The lowest BCUT2D eigenvalue weighted by atomic mass is 9.84. The third kappa shape index (κ3) is 4.90. The molecule has 1 N–H and O–H groups in total. The Labute approximate surface area is 174 Å². The number of rotatable bonds is 6. The molecule has 0 radical (unpaired) electrons. The van der Waals surface area contributed by atoms with E-state index >= 15 is 0 Å². The van der Waals surface area contributed by atoms with Crippen LogP contribution in [0.5, 0.6) is 0 Å². The van der Waals surface area contributed by atoms with E-state index in [2.05, 4.69) is 17.2 Å². The zero-order chi connectivity index (χ0) is 20.4. The summed E-state index contributed by atoms with van der Waals surface area (Å²) < 4.78 is 12.0. The predicted octanol–water partition coefficient (Wildman–Crippen LogP) is 4.78. The summed E-state index contributed by atoms with van der Waals surface area (Å²) in [5, 5.41) is 1.90. The Bertz CT molecular complexity index is 893. The number of aromatic nitrogens is 1. The van der Waals surface area contributed by atoms with Gasteiger partial charge in [0.25, 0.3) is 5.24 Å². The standard InChI is InChI=1S/C22H26N2O4S/c1-13-6-8-16(9-7-13)21-23-18(14(2)28-21)12-27-17-5-3-4-15(10-17)11-19-20(25)24-22(26)29-19/h6-9,15,17,19H,3-5,10-12H2,1-2H3,(H,24,25,26). The van der Waals surface area contributed by atoms with Crippen LogP contribution in [-0.2, 0) is 16.1 Å². The lowest BCUT2D eigenvalue weighted by Gasteiger charge is -2.29. The number of amides is 2. The second kappa shape index (κ2) is 8.71. The van der Waals surface area contributed by atoms with Gasteiger partial charge in [0.2, 0.25) is 11.8 Å². The predicted molar refractivity (Wildman–Crippen MR) is 111 cm³/mol. The molecule has 1 aromatic heterocycles. The average Bonchev–Trinajstić information content (AvgIpc) is 3.22. The van der Waals surface area contributed by atoms with Crippen LogP contribution >= 0.6 is 11.8 Å². The molecule has 0 bridgehead atoms. The lowest BCUT2D eigenvalue weighted by Crippen LogP contribution is -2.29. The van der Waals surface area contributed by atoms with Gasteiger partial charge in [0, 0.05) is 5.56 Å². The molecule has 1 aliphatic heterocycles. The Kier molecular flexibility index (Phi) is 6.06. The normalized spacial score (nSPS) is 24.7. The number of thioether (sulfide) groups is 1. The van der Waals surface area contributed by atoms with Crippen LogP contribution in [0.15, 0.2) is 28.7 Å². The highest BCUT2D eigenvalue weighted by atomic mass is 32.2. The van der Waals surface area contributed by atoms with Crippen LogP contribution in [0.3, 0.4) is 0 Å². The van der Waals surface area contributed by atoms with Gasteiger partial charge in [-0.15, -0.1) is 0 Å². The summed E-state index contributed by atoms with van der Waals surface area (Å²) in [6.07, 6.45) is 4.98. The second-order valence-electron chi connectivity index (χ2n) is 7.97.